The highest BCUT2D eigenvalue weighted by Crippen LogP contribution is 2.37. The number of para-hydroxylation sites is 2. The van der Waals surface area contributed by atoms with Crippen molar-refractivity contribution in [3.8, 4) is 5.75 Å². The SMILES string of the molecule is COc1ccccc1Nc1nc2c(s1)CCCC(N=C(C)N)=C2C. The Hall–Kier alpha value is -2.34. The third-order valence-corrected chi connectivity index (χ3v) is 4.99. The maximum atomic E-state index is 5.77. The second-order valence-corrected chi connectivity index (χ2v) is 6.88. The maximum Gasteiger partial charge on any atom is 0.188 e. The molecule has 3 rings (SSSR count). The summed E-state index contributed by atoms with van der Waals surface area (Å²) in [6.45, 7) is 3.90. The van der Waals surface area contributed by atoms with Gasteiger partial charge in [0.1, 0.15) is 5.75 Å². The normalized spacial score (nSPS) is 15.0. The minimum atomic E-state index is 0.593. The molecule has 1 heterocycles. The summed E-state index contributed by atoms with van der Waals surface area (Å²) in [5.41, 5.74) is 9.89. The van der Waals surface area contributed by atoms with Gasteiger partial charge < -0.3 is 15.8 Å². The van der Waals surface area contributed by atoms with Gasteiger partial charge in [0.2, 0.25) is 0 Å². The Bertz CT molecular complexity index is 803. The Balaban J connectivity index is 1.95. The predicted octanol–water partition coefficient (Wildman–Crippen LogP) is 4.34. The zero-order valence-electron chi connectivity index (χ0n) is 14.2. The number of aryl methyl sites for hydroxylation is 1. The number of nitrogens with two attached hydrogens (primary N) is 1. The summed E-state index contributed by atoms with van der Waals surface area (Å²) >= 11 is 1.70. The van der Waals surface area contributed by atoms with E-state index in [0.717, 1.165) is 52.8 Å². The van der Waals surface area contributed by atoms with Crippen molar-refractivity contribution in [1.29, 1.82) is 0 Å². The van der Waals surface area contributed by atoms with Crippen molar-refractivity contribution in [3.63, 3.8) is 0 Å². The number of hydrogen-bond acceptors (Lipinski definition) is 5. The Kier molecular flexibility index (Phi) is 4.85. The average molecular weight is 342 g/mol. The molecule has 1 aliphatic rings. The van der Waals surface area contributed by atoms with E-state index >= 15 is 0 Å². The first-order chi connectivity index (χ1) is 11.6. The van der Waals surface area contributed by atoms with Crippen LogP contribution < -0.4 is 15.8 Å². The van der Waals surface area contributed by atoms with E-state index in [9.17, 15) is 0 Å². The van der Waals surface area contributed by atoms with E-state index in [1.165, 1.54) is 4.88 Å². The number of anilines is 2. The van der Waals surface area contributed by atoms with E-state index in [1.807, 2.05) is 31.2 Å². The lowest BCUT2D eigenvalue weighted by atomic mass is 10.1. The van der Waals surface area contributed by atoms with Gasteiger partial charge in [0.15, 0.2) is 5.13 Å². The van der Waals surface area contributed by atoms with Gasteiger partial charge >= 0.3 is 0 Å². The molecule has 0 atom stereocenters. The highest BCUT2D eigenvalue weighted by atomic mass is 32.1. The molecule has 0 fully saturated rings. The predicted molar refractivity (Wildman–Crippen MR) is 101 cm³/mol. The molecule has 3 N–H and O–H groups in total. The second-order valence-electron chi connectivity index (χ2n) is 5.79. The molecular formula is C18H22N4OS. The zero-order chi connectivity index (χ0) is 17.1. The van der Waals surface area contributed by atoms with Crippen LogP contribution in [0.2, 0.25) is 0 Å². The minimum absolute atomic E-state index is 0.593. The van der Waals surface area contributed by atoms with Gasteiger partial charge in [-0.2, -0.15) is 0 Å². The molecule has 24 heavy (non-hydrogen) atoms. The van der Waals surface area contributed by atoms with Gasteiger partial charge in [-0.25, -0.2) is 9.98 Å². The highest BCUT2D eigenvalue weighted by Gasteiger charge is 2.19. The van der Waals surface area contributed by atoms with Crippen LogP contribution in [0.5, 0.6) is 5.75 Å². The molecule has 5 nitrogen and oxygen atoms in total. The molecule has 1 aromatic heterocycles. The Morgan fingerprint density at radius 3 is 2.88 bits per heavy atom. The topological polar surface area (TPSA) is 72.5 Å². The molecule has 0 aliphatic heterocycles. The lowest BCUT2D eigenvalue weighted by Gasteiger charge is -2.08. The zero-order valence-corrected chi connectivity index (χ0v) is 15.0. The van der Waals surface area contributed by atoms with Crippen LogP contribution in [0.15, 0.2) is 35.0 Å². The van der Waals surface area contributed by atoms with Crippen molar-refractivity contribution in [2.45, 2.75) is 33.1 Å². The number of hydrogen-bond donors (Lipinski definition) is 2. The van der Waals surface area contributed by atoms with Crippen LogP contribution in [-0.2, 0) is 6.42 Å². The van der Waals surface area contributed by atoms with Crippen molar-refractivity contribution in [3.05, 3.63) is 40.5 Å². The fraction of sp³-hybridized carbons (Fsp3) is 0.333. The number of aliphatic imine (C=N–C) groups is 1. The van der Waals surface area contributed by atoms with Crippen LogP contribution in [0, 0.1) is 0 Å². The number of allylic oxidation sites excluding steroid dienone is 2. The van der Waals surface area contributed by atoms with E-state index in [-0.39, 0.29) is 0 Å². The molecule has 1 aromatic carbocycles. The smallest absolute Gasteiger partial charge is 0.188 e. The molecule has 2 aromatic rings. The number of aromatic nitrogens is 1. The summed E-state index contributed by atoms with van der Waals surface area (Å²) in [7, 11) is 1.67. The van der Waals surface area contributed by atoms with Gasteiger partial charge in [-0.15, -0.1) is 11.3 Å². The highest BCUT2D eigenvalue weighted by molar-refractivity contribution is 7.15. The van der Waals surface area contributed by atoms with Gasteiger partial charge in [-0.05, 0) is 50.8 Å². The van der Waals surface area contributed by atoms with Crippen LogP contribution in [0.25, 0.3) is 5.57 Å². The second kappa shape index (κ2) is 7.05. The number of benzene rings is 1. The number of fused-ring (bicyclic) bond motifs is 1. The van der Waals surface area contributed by atoms with Gasteiger partial charge in [0, 0.05) is 10.6 Å². The van der Waals surface area contributed by atoms with Crippen molar-refractivity contribution in [2.75, 3.05) is 12.4 Å². The Labute approximate surface area is 146 Å². The molecule has 0 amide bonds. The lowest BCUT2D eigenvalue weighted by molar-refractivity contribution is 0.417. The number of thiazole rings is 1. The molecule has 1 aliphatic carbocycles. The summed E-state index contributed by atoms with van der Waals surface area (Å²) < 4.78 is 5.39. The van der Waals surface area contributed by atoms with Crippen molar-refractivity contribution in [2.24, 2.45) is 10.7 Å². The largest absolute Gasteiger partial charge is 0.495 e. The third-order valence-electron chi connectivity index (χ3n) is 3.96. The number of methoxy groups -OCH3 is 1. The number of ether oxygens (including phenoxy) is 1. The first-order valence-corrected chi connectivity index (χ1v) is 8.80. The van der Waals surface area contributed by atoms with Crippen molar-refractivity contribution in [1.82, 2.24) is 4.98 Å². The first-order valence-electron chi connectivity index (χ1n) is 7.99. The maximum absolute atomic E-state index is 5.77. The quantitative estimate of drug-likeness (QED) is 0.640. The third kappa shape index (κ3) is 3.43. The Morgan fingerprint density at radius 1 is 1.33 bits per heavy atom. The van der Waals surface area contributed by atoms with Crippen LogP contribution in [-0.4, -0.2) is 17.9 Å². The van der Waals surface area contributed by atoms with Gasteiger partial charge in [-0.3, -0.25) is 0 Å². The van der Waals surface area contributed by atoms with Gasteiger partial charge in [-0.1, -0.05) is 12.1 Å². The molecule has 0 radical (unpaired) electrons. The standard InChI is InChI=1S/C18H22N4OS/c1-11-13(20-12(2)19)8-6-10-16-17(11)22-18(24-16)21-14-7-4-5-9-15(14)23-3/h4-5,7,9H,6,8,10H2,1-3H3,(H2,19,20)(H,21,22). The Morgan fingerprint density at radius 2 is 2.12 bits per heavy atom. The minimum Gasteiger partial charge on any atom is -0.495 e. The first kappa shape index (κ1) is 16.5. The number of nitrogens with one attached hydrogen (secondary N) is 1. The van der Waals surface area contributed by atoms with E-state index in [1.54, 1.807) is 18.4 Å². The fourth-order valence-corrected chi connectivity index (χ4v) is 3.90. The van der Waals surface area contributed by atoms with Crippen LogP contribution >= 0.6 is 11.3 Å². The van der Waals surface area contributed by atoms with E-state index < -0.39 is 0 Å². The number of amidine groups is 1. The van der Waals surface area contributed by atoms with Crippen molar-refractivity contribution < 1.29 is 4.74 Å². The van der Waals surface area contributed by atoms with Gasteiger partial charge in [0.25, 0.3) is 0 Å². The molecule has 0 saturated heterocycles. The molecule has 0 spiro atoms. The van der Waals surface area contributed by atoms with Gasteiger partial charge in [0.05, 0.1) is 24.3 Å². The molecule has 0 unspecified atom stereocenters. The van der Waals surface area contributed by atoms with E-state index in [0.29, 0.717) is 5.84 Å². The molecule has 0 saturated carbocycles. The van der Waals surface area contributed by atoms with Crippen molar-refractivity contribution >= 4 is 33.6 Å². The summed E-state index contributed by atoms with van der Waals surface area (Å²) in [6.07, 6.45) is 3.02. The molecule has 126 valence electrons. The number of rotatable bonds is 4. The lowest BCUT2D eigenvalue weighted by Crippen LogP contribution is -2.05. The average Bonchev–Trinajstić information content (AvgIpc) is 2.90. The van der Waals surface area contributed by atoms with Crippen LogP contribution in [0.3, 0.4) is 0 Å². The van der Waals surface area contributed by atoms with Crippen LogP contribution in [0.1, 0.15) is 37.3 Å². The van der Waals surface area contributed by atoms with Crippen LogP contribution in [0.4, 0.5) is 10.8 Å². The number of nitrogens with zero attached hydrogens (tertiary/aromatic N) is 2. The summed E-state index contributed by atoms with van der Waals surface area (Å²) in [5.74, 6) is 1.40. The molecular weight excluding hydrogens is 320 g/mol. The van der Waals surface area contributed by atoms with E-state index in [4.69, 9.17) is 15.5 Å². The summed E-state index contributed by atoms with van der Waals surface area (Å²) in [6, 6.07) is 7.85. The monoisotopic (exact) mass is 342 g/mol. The summed E-state index contributed by atoms with van der Waals surface area (Å²) in [5, 5.41) is 4.25. The fourth-order valence-electron chi connectivity index (χ4n) is 2.82. The van der Waals surface area contributed by atoms with E-state index in [2.05, 4.69) is 17.2 Å². The summed E-state index contributed by atoms with van der Waals surface area (Å²) in [4.78, 5) is 10.6. The molecule has 6 heteroatoms. The molecule has 0 bridgehead atoms.